The molecular formula is C14H19O7P. The van der Waals surface area contributed by atoms with E-state index in [4.69, 9.17) is 18.5 Å². The quantitative estimate of drug-likeness (QED) is 0.768. The summed E-state index contributed by atoms with van der Waals surface area (Å²) in [5, 5.41) is 9.43. The van der Waals surface area contributed by atoms with Crippen LogP contribution < -0.4 is 14.8 Å². The second kappa shape index (κ2) is 6.69. The van der Waals surface area contributed by atoms with E-state index in [0.29, 0.717) is 11.3 Å². The van der Waals surface area contributed by atoms with Gasteiger partial charge in [0.2, 0.25) is 6.79 Å². The van der Waals surface area contributed by atoms with Crippen LogP contribution in [-0.2, 0) is 18.4 Å². The molecule has 1 heterocycles. The monoisotopic (exact) mass is 330 g/mol. The first-order chi connectivity index (χ1) is 10.4. The zero-order valence-corrected chi connectivity index (χ0v) is 13.6. The third-order valence-corrected chi connectivity index (χ3v) is 5.46. The van der Waals surface area contributed by atoms with Crippen molar-refractivity contribution in [2.75, 3.05) is 20.0 Å². The molecule has 122 valence electrons. The maximum atomic E-state index is 13.1. The van der Waals surface area contributed by atoms with E-state index in [1.807, 2.05) is 0 Å². The molecule has 0 aliphatic carbocycles. The van der Waals surface area contributed by atoms with Gasteiger partial charge in [-0.3, -0.25) is 9.36 Å². The highest BCUT2D eigenvalue weighted by atomic mass is 31.2. The third kappa shape index (κ3) is 2.97. The van der Waals surface area contributed by atoms with Gasteiger partial charge in [-0.15, -0.1) is 0 Å². The minimum atomic E-state index is -3.71. The van der Waals surface area contributed by atoms with Crippen molar-refractivity contribution in [3.05, 3.63) is 17.7 Å². The van der Waals surface area contributed by atoms with E-state index in [0.717, 1.165) is 0 Å². The number of fused-ring (bicyclic) bond motifs is 1. The summed E-state index contributed by atoms with van der Waals surface area (Å²) in [6.07, 6.45) is 0. The Balaban J connectivity index is 2.67. The molecule has 1 N–H and O–H groups in total. The first-order valence-corrected chi connectivity index (χ1v) is 8.53. The molecule has 2 rings (SSSR count). The fourth-order valence-corrected chi connectivity index (χ4v) is 4.26. The predicted octanol–water partition coefficient (Wildman–Crippen LogP) is 2.49. The first-order valence-electron chi connectivity index (χ1n) is 6.99. The normalized spacial score (nSPS) is 14.9. The summed E-state index contributed by atoms with van der Waals surface area (Å²) in [5.74, 6) is -1.30. The summed E-state index contributed by atoms with van der Waals surface area (Å²) in [5.41, 5.74) is 0.335. The molecule has 0 spiro atoms. The first kappa shape index (κ1) is 16.8. The van der Waals surface area contributed by atoms with Crippen molar-refractivity contribution in [3.8, 4) is 11.5 Å². The molecule has 0 saturated carbocycles. The van der Waals surface area contributed by atoms with Crippen LogP contribution in [0.4, 0.5) is 0 Å². The van der Waals surface area contributed by atoms with Gasteiger partial charge in [-0.05, 0) is 32.4 Å². The number of hydrogen-bond donors (Lipinski definition) is 1. The smallest absolute Gasteiger partial charge is 0.365 e. The van der Waals surface area contributed by atoms with Gasteiger partial charge in [-0.2, -0.15) is 0 Å². The van der Waals surface area contributed by atoms with Crippen LogP contribution >= 0.6 is 7.60 Å². The van der Waals surface area contributed by atoms with Crippen LogP contribution in [-0.4, -0.2) is 31.1 Å². The molecule has 0 saturated heterocycles. The maximum absolute atomic E-state index is 13.1. The Labute approximate surface area is 128 Å². The van der Waals surface area contributed by atoms with Crippen molar-refractivity contribution in [3.63, 3.8) is 0 Å². The minimum absolute atomic E-state index is 0.0223. The lowest BCUT2D eigenvalue weighted by molar-refractivity contribution is -0.138. The van der Waals surface area contributed by atoms with Gasteiger partial charge in [-0.25, -0.2) is 0 Å². The van der Waals surface area contributed by atoms with Gasteiger partial charge in [0, 0.05) is 0 Å². The second-order valence-corrected chi connectivity index (χ2v) is 6.59. The molecule has 1 aromatic carbocycles. The van der Waals surface area contributed by atoms with Crippen LogP contribution in [0.5, 0.6) is 11.5 Å². The molecule has 22 heavy (non-hydrogen) atoms. The second-order valence-electron chi connectivity index (χ2n) is 4.63. The third-order valence-electron chi connectivity index (χ3n) is 3.25. The molecule has 0 amide bonds. The van der Waals surface area contributed by atoms with Crippen LogP contribution in [0.1, 0.15) is 32.3 Å². The van der Waals surface area contributed by atoms with E-state index in [1.165, 1.54) is 6.92 Å². The molecule has 1 unspecified atom stereocenters. The summed E-state index contributed by atoms with van der Waals surface area (Å²) in [6, 6.07) is 3.16. The predicted molar refractivity (Wildman–Crippen MR) is 79.1 cm³/mol. The van der Waals surface area contributed by atoms with Crippen molar-refractivity contribution in [1.82, 2.24) is 0 Å². The molecule has 0 fully saturated rings. The van der Waals surface area contributed by atoms with Gasteiger partial charge in [0.15, 0.2) is 11.5 Å². The fourth-order valence-electron chi connectivity index (χ4n) is 2.24. The number of carboxylic acid groups (broad SMARTS) is 1. The number of carbonyl (C=O) groups is 1. The Hall–Kier alpha value is -1.56. The van der Waals surface area contributed by atoms with E-state index in [9.17, 15) is 14.5 Å². The van der Waals surface area contributed by atoms with Gasteiger partial charge in [0.1, 0.15) is 5.30 Å². The minimum Gasteiger partial charge on any atom is -0.481 e. The van der Waals surface area contributed by atoms with Crippen molar-refractivity contribution in [2.45, 2.75) is 26.7 Å². The van der Waals surface area contributed by atoms with E-state index < -0.39 is 19.5 Å². The highest BCUT2D eigenvalue weighted by Gasteiger charge is 2.39. The highest BCUT2D eigenvalue weighted by molar-refractivity contribution is 7.62. The standard InChI is InChI=1S/C14H19O7P/c1-4-20-22(17,21-5-2)13-10(9(3)14(15)16)6-7-11-12(13)19-8-18-11/h6-7,9H,4-5,8H2,1-3H3,(H,15,16). The number of rotatable bonds is 7. The van der Waals surface area contributed by atoms with E-state index in [1.54, 1.807) is 26.0 Å². The molecule has 1 aliphatic heterocycles. The summed E-state index contributed by atoms with van der Waals surface area (Å²) in [6.45, 7) is 5.17. The van der Waals surface area contributed by atoms with Crippen LogP contribution in [0.25, 0.3) is 0 Å². The van der Waals surface area contributed by atoms with E-state index in [2.05, 4.69) is 0 Å². The molecule has 1 aliphatic rings. The number of hydrogen-bond acceptors (Lipinski definition) is 6. The Bertz CT molecular complexity index is 603. The topological polar surface area (TPSA) is 91.3 Å². The van der Waals surface area contributed by atoms with Gasteiger partial charge in [0.25, 0.3) is 0 Å². The van der Waals surface area contributed by atoms with Crippen molar-refractivity contribution in [1.29, 1.82) is 0 Å². The average molecular weight is 330 g/mol. The van der Waals surface area contributed by atoms with Crippen molar-refractivity contribution >= 4 is 18.9 Å². The number of ether oxygens (including phenoxy) is 2. The van der Waals surface area contributed by atoms with Crippen LogP contribution in [0, 0.1) is 0 Å². The van der Waals surface area contributed by atoms with E-state index >= 15 is 0 Å². The summed E-state index contributed by atoms with van der Waals surface area (Å²) >= 11 is 0. The molecule has 7 nitrogen and oxygen atoms in total. The SMILES string of the molecule is CCOP(=O)(OCC)c1c(C(C)C(=O)O)ccc2c1OCO2. The van der Waals surface area contributed by atoms with Crippen molar-refractivity contribution < 1.29 is 33.0 Å². The Kier molecular flexibility index (Phi) is 5.11. The molecule has 1 atom stereocenters. The Morgan fingerprint density at radius 2 is 1.95 bits per heavy atom. The summed E-state index contributed by atoms with van der Waals surface area (Å²) in [7, 11) is -3.71. The fraction of sp³-hybridized carbons (Fsp3) is 0.500. The van der Waals surface area contributed by atoms with Gasteiger partial charge >= 0.3 is 13.6 Å². The van der Waals surface area contributed by atoms with Crippen LogP contribution in [0.15, 0.2) is 12.1 Å². The molecular weight excluding hydrogens is 311 g/mol. The lowest BCUT2D eigenvalue weighted by Gasteiger charge is -2.22. The number of carboxylic acids is 1. The maximum Gasteiger partial charge on any atom is 0.365 e. The van der Waals surface area contributed by atoms with Gasteiger partial charge in [-0.1, -0.05) is 6.07 Å². The van der Waals surface area contributed by atoms with Crippen LogP contribution in [0.2, 0.25) is 0 Å². The van der Waals surface area contributed by atoms with Gasteiger partial charge in [0.05, 0.1) is 19.1 Å². The molecule has 8 heteroatoms. The molecule has 1 aromatic rings. The average Bonchev–Trinajstić information content (AvgIpc) is 2.93. The van der Waals surface area contributed by atoms with Crippen LogP contribution in [0.3, 0.4) is 0 Å². The van der Waals surface area contributed by atoms with E-state index in [-0.39, 0.29) is 31.1 Å². The molecule has 0 bridgehead atoms. The Morgan fingerprint density at radius 1 is 1.32 bits per heavy atom. The Morgan fingerprint density at radius 3 is 2.50 bits per heavy atom. The highest BCUT2D eigenvalue weighted by Crippen LogP contribution is 2.53. The van der Waals surface area contributed by atoms with Gasteiger partial charge < -0.3 is 23.6 Å². The summed E-state index contributed by atoms with van der Waals surface area (Å²) < 4.78 is 34.5. The number of benzene rings is 1. The number of aliphatic carboxylic acids is 1. The molecule has 0 radical (unpaired) electrons. The van der Waals surface area contributed by atoms with Crippen molar-refractivity contribution in [2.24, 2.45) is 0 Å². The summed E-state index contributed by atoms with van der Waals surface area (Å²) in [4.78, 5) is 11.4. The lowest BCUT2D eigenvalue weighted by atomic mass is 10.0. The largest absolute Gasteiger partial charge is 0.481 e. The zero-order chi connectivity index (χ0) is 16.3. The molecule has 0 aromatic heterocycles. The lowest BCUT2D eigenvalue weighted by Crippen LogP contribution is -2.22. The zero-order valence-electron chi connectivity index (χ0n) is 12.7.